The summed E-state index contributed by atoms with van der Waals surface area (Å²) < 4.78 is 52.5. The highest BCUT2D eigenvalue weighted by atomic mass is 35.5. The molecule has 1 aromatic rings. The normalized spacial score (nSPS) is 20.1. The molecule has 1 aromatic heterocycles. The van der Waals surface area contributed by atoms with E-state index in [1.165, 1.54) is 0 Å². The molecule has 0 amide bonds. The van der Waals surface area contributed by atoms with Crippen molar-refractivity contribution in [1.82, 2.24) is 9.97 Å². The van der Waals surface area contributed by atoms with Crippen molar-refractivity contribution in [2.45, 2.75) is 6.30 Å². The van der Waals surface area contributed by atoms with E-state index in [0.29, 0.717) is 6.20 Å². The fraction of sp³-hybridized carbons (Fsp3) is 0.125. The maximum atomic E-state index is 13.5. The fourth-order valence-corrected chi connectivity index (χ4v) is 1.32. The molecule has 2 heterocycles. The molecule has 2 rings (SSSR count). The summed E-state index contributed by atoms with van der Waals surface area (Å²) in [5.74, 6) is -1.42. The lowest BCUT2D eigenvalue weighted by Gasteiger charge is -2.26. The number of anilines is 1. The van der Waals surface area contributed by atoms with Crippen LogP contribution in [0.2, 0.25) is 0 Å². The summed E-state index contributed by atoms with van der Waals surface area (Å²) in [5.41, 5.74) is -0.702. The van der Waals surface area contributed by atoms with Crippen molar-refractivity contribution in [2.24, 2.45) is 4.99 Å². The van der Waals surface area contributed by atoms with Crippen molar-refractivity contribution >= 4 is 23.4 Å². The van der Waals surface area contributed by atoms with E-state index in [4.69, 9.17) is 11.6 Å². The Morgan fingerprint density at radius 3 is 2.65 bits per heavy atom. The third-order valence-electron chi connectivity index (χ3n) is 1.90. The van der Waals surface area contributed by atoms with Crippen molar-refractivity contribution < 1.29 is 17.6 Å². The molecule has 17 heavy (non-hydrogen) atoms. The molecule has 0 aliphatic carbocycles. The zero-order valence-electron chi connectivity index (χ0n) is 7.91. The van der Waals surface area contributed by atoms with E-state index in [1.54, 1.807) is 0 Å². The van der Waals surface area contributed by atoms with Crippen LogP contribution in [0.4, 0.5) is 23.2 Å². The lowest BCUT2D eigenvalue weighted by atomic mass is 10.3. The Bertz CT molecular complexity index is 518. The van der Waals surface area contributed by atoms with Gasteiger partial charge in [0.1, 0.15) is 5.69 Å². The number of aliphatic imine (C=N–C) groups is 1. The highest BCUT2D eigenvalue weighted by Gasteiger charge is 2.32. The molecule has 1 unspecified atom stereocenters. The molecule has 0 saturated heterocycles. The summed E-state index contributed by atoms with van der Waals surface area (Å²) in [6, 6.07) is 0. The zero-order chi connectivity index (χ0) is 12.6. The fourth-order valence-electron chi connectivity index (χ4n) is 1.17. The number of rotatable bonds is 1. The highest BCUT2D eigenvalue weighted by molar-refractivity contribution is 6.31. The SMILES string of the molecule is FC1=NC=C(Cl)C(F)N1c1cnc(F)nc1F. The third kappa shape index (κ3) is 2.07. The Labute approximate surface area is 97.3 Å². The average Bonchev–Trinajstić information content (AvgIpc) is 2.27. The first-order valence-electron chi connectivity index (χ1n) is 4.21. The van der Waals surface area contributed by atoms with Crippen LogP contribution in [0.1, 0.15) is 0 Å². The highest BCUT2D eigenvalue weighted by Crippen LogP contribution is 2.28. The summed E-state index contributed by atoms with van der Waals surface area (Å²) in [6.07, 6.45) is -3.51. The van der Waals surface area contributed by atoms with E-state index in [0.717, 1.165) is 6.20 Å². The van der Waals surface area contributed by atoms with Gasteiger partial charge in [-0.2, -0.15) is 18.2 Å². The van der Waals surface area contributed by atoms with Gasteiger partial charge in [0.15, 0.2) is 0 Å². The van der Waals surface area contributed by atoms with Crippen molar-refractivity contribution in [3.05, 3.63) is 29.5 Å². The van der Waals surface area contributed by atoms with Gasteiger partial charge in [-0.1, -0.05) is 11.6 Å². The van der Waals surface area contributed by atoms with E-state index in [2.05, 4.69) is 15.0 Å². The second-order valence-corrected chi connectivity index (χ2v) is 3.37. The van der Waals surface area contributed by atoms with Crippen molar-refractivity contribution in [1.29, 1.82) is 0 Å². The summed E-state index contributed by atoms with van der Waals surface area (Å²) in [6.45, 7) is 0. The maximum absolute atomic E-state index is 13.5. The van der Waals surface area contributed by atoms with Gasteiger partial charge < -0.3 is 0 Å². The molecule has 0 bridgehead atoms. The number of alkyl halides is 1. The zero-order valence-corrected chi connectivity index (χ0v) is 8.67. The number of halogens is 5. The molecule has 90 valence electrons. The van der Waals surface area contributed by atoms with Crippen LogP contribution in [0.15, 0.2) is 22.4 Å². The number of hydrogen-bond acceptors (Lipinski definition) is 4. The number of nitrogens with zero attached hydrogens (tertiary/aromatic N) is 4. The van der Waals surface area contributed by atoms with Gasteiger partial charge in [-0.25, -0.2) is 14.4 Å². The Balaban J connectivity index is 2.46. The van der Waals surface area contributed by atoms with Crippen LogP contribution < -0.4 is 4.90 Å². The first kappa shape index (κ1) is 11.8. The summed E-state index contributed by atoms with van der Waals surface area (Å²) in [4.78, 5) is 8.99. The van der Waals surface area contributed by atoms with Crippen molar-refractivity contribution in [3.63, 3.8) is 0 Å². The van der Waals surface area contributed by atoms with Crippen LogP contribution >= 0.6 is 11.6 Å². The van der Waals surface area contributed by atoms with Crippen LogP contribution in [0.5, 0.6) is 0 Å². The molecule has 0 fully saturated rings. The molecule has 0 N–H and O–H groups in total. The molecule has 0 aromatic carbocycles. The third-order valence-corrected chi connectivity index (χ3v) is 2.18. The van der Waals surface area contributed by atoms with Crippen molar-refractivity contribution in [2.75, 3.05) is 4.90 Å². The predicted molar refractivity (Wildman–Crippen MR) is 51.8 cm³/mol. The Morgan fingerprint density at radius 2 is 2.00 bits per heavy atom. The smallest absolute Gasteiger partial charge is 0.260 e. The standard InChI is InChI=1S/C8H3ClF4N4/c9-3-1-15-8(13)17(6(3)11)4-2-14-7(12)16-5(4)10/h1-2,6H. The van der Waals surface area contributed by atoms with Crippen LogP contribution in [-0.2, 0) is 0 Å². The quantitative estimate of drug-likeness (QED) is 0.339. The minimum absolute atomic E-state index is 0.178. The molecule has 1 aliphatic rings. The van der Waals surface area contributed by atoms with Gasteiger partial charge in [0, 0.05) is 0 Å². The second kappa shape index (κ2) is 4.28. The van der Waals surface area contributed by atoms with Crippen molar-refractivity contribution in [3.8, 4) is 0 Å². The molecule has 1 atom stereocenters. The maximum Gasteiger partial charge on any atom is 0.311 e. The second-order valence-electron chi connectivity index (χ2n) is 2.93. The molecule has 4 nitrogen and oxygen atoms in total. The lowest BCUT2D eigenvalue weighted by Crippen LogP contribution is -2.38. The van der Waals surface area contributed by atoms with Crippen LogP contribution in [-0.4, -0.2) is 22.4 Å². The van der Waals surface area contributed by atoms with Gasteiger partial charge in [-0.05, 0) is 0 Å². The molecular weight excluding hydrogens is 264 g/mol. The predicted octanol–water partition coefficient (Wildman–Crippen LogP) is 2.28. The van der Waals surface area contributed by atoms with E-state index in [1.807, 2.05) is 0 Å². The number of aromatic nitrogens is 2. The van der Waals surface area contributed by atoms with Gasteiger partial charge in [-0.15, -0.1) is 0 Å². The van der Waals surface area contributed by atoms with E-state index >= 15 is 0 Å². The molecule has 1 aliphatic heterocycles. The Kier molecular flexibility index (Phi) is 2.97. The largest absolute Gasteiger partial charge is 0.311 e. The van der Waals surface area contributed by atoms with Gasteiger partial charge in [0.25, 0.3) is 6.09 Å². The Hall–Kier alpha value is -1.70. The number of hydrogen-bond donors (Lipinski definition) is 0. The van der Waals surface area contributed by atoms with Crippen LogP contribution in [0.3, 0.4) is 0 Å². The first-order valence-corrected chi connectivity index (χ1v) is 4.58. The van der Waals surface area contributed by atoms with Gasteiger partial charge in [0.05, 0.1) is 17.4 Å². The van der Waals surface area contributed by atoms with Gasteiger partial charge in [0.2, 0.25) is 12.2 Å². The molecular formula is C8H3ClF4N4. The average molecular weight is 267 g/mol. The van der Waals surface area contributed by atoms with E-state index in [9.17, 15) is 17.6 Å². The summed E-state index contributed by atoms with van der Waals surface area (Å²) >= 11 is 5.39. The van der Waals surface area contributed by atoms with Gasteiger partial charge in [-0.3, -0.25) is 4.90 Å². The summed E-state index contributed by atoms with van der Waals surface area (Å²) in [7, 11) is 0. The monoisotopic (exact) mass is 266 g/mol. The number of amidine groups is 1. The first-order chi connectivity index (χ1) is 8.00. The Morgan fingerprint density at radius 1 is 1.29 bits per heavy atom. The van der Waals surface area contributed by atoms with Crippen LogP contribution in [0, 0.1) is 12.0 Å². The molecule has 9 heteroatoms. The molecule has 0 radical (unpaired) electrons. The topological polar surface area (TPSA) is 41.4 Å². The van der Waals surface area contributed by atoms with E-state index < -0.39 is 35.1 Å². The van der Waals surface area contributed by atoms with E-state index in [-0.39, 0.29) is 4.90 Å². The van der Waals surface area contributed by atoms with Gasteiger partial charge >= 0.3 is 6.08 Å². The summed E-state index contributed by atoms with van der Waals surface area (Å²) in [5, 5.41) is -0.449. The van der Waals surface area contributed by atoms with Crippen LogP contribution in [0.25, 0.3) is 0 Å². The lowest BCUT2D eigenvalue weighted by molar-refractivity contribution is 0.386. The minimum atomic E-state index is -2.17. The molecule has 0 spiro atoms. The minimum Gasteiger partial charge on any atom is -0.260 e. The molecule has 0 saturated carbocycles.